The normalized spacial score (nSPS) is 17.7. The second-order valence-corrected chi connectivity index (χ2v) is 3.25. The van der Waals surface area contributed by atoms with Gasteiger partial charge in [-0.3, -0.25) is 14.4 Å². The molecule has 80 valence electrons. The summed E-state index contributed by atoms with van der Waals surface area (Å²) in [4.78, 5) is 26.3. The van der Waals surface area contributed by atoms with Crippen molar-refractivity contribution in [1.29, 1.82) is 0 Å². The van der Waals surface area contributed by atoms with E-state index in [1.54, 1.807) is 0 Å². The Kier molecular flexibility index (Phi) is 4.34. The highest BCUT2D eigenvalue weighted by Gasteiger charge is 2.20. The van der Waals surface area contributed by atoms with Gasteiger partial charge in [-0.25, -0.2) is 5.48 Å². The van der Waals surface area contributed by atoms with Gasteiger partial charge in [-0.05, 0) is 25.9 Å². The molecule has 0 spiro atoms. The van der Waals surface area contributed by atoms with Crippen molar-refractivity contribution in [3.05, 3.63) is 0 Å². The van der Waals surface area contributed by atoms with Crippen LogP contribution in [0.15, 0.2) is 0 Å². The Balaban J connectivity index is 2.16. The molecule has 0 radical (unpaired) electrons. The molecule has 1 saturated heterocycles. The molecule has 0 bridgehead atoms. The number of carbonyl (C=O) groups is 2. The number of carbonyl (C=O) groups excluding carboxylic acids is 2. The molecule has 0 aromatic rings. The average Bonchev–Trinajstić information content (AvgIpc) is 2.18. The number of amides is 2. The summed E-state index contributed by atoms with van der Waals surface area (Å²) in [5.41, 5.74) is 7.05. The molecule has 0 aliphatic carbocycles. The Labute approximate surface area is 82.1 Å². The van der Waals surface area contributed by atoms with Gasteiger partial charge in [-0.1, -0.05) is 0 Å². The third-order valence-corrected chi connectivity index (χ3v) is 2.10. The fourth-order valence-electron chi connectivity index (χ4n) is 1.35. The lowest BCUT2D eigenvalue weighted by Gasteiger charge is -2.21. The molecule has 0 saturated carbocycles. The first-order valence-electron chi connectivity index (χ1n) is 4.61. The van der Waals surface area contributed by atoms with Gasteiger partial charge in [-0.15, -0.1) is 0 Å². The van der Waals surface area contributed by atoms with Crippen molar-refractivity contribution in [3.8, 4) is 0 Å². The van der Waals surface area contributed by atoms with E-state index in [-0.39, 0.29) is 18.4 Å². The minimum atomic E-state index is -0.601. The zero-order valence-electron chi connectivity index (χ0n) is 7.91. The van der Waals surface area contributed by atoms with E-state index >= 15 is 0 Å². The SMILES string of the molecule is NC(=O)CONC(=O)C1CCNCC1. The molecule has 1 fully saturated rings. The van der Waals surface area contributed by atoms with Gasteiger partial charge in [0.25, 0.3) is 0 Å². The molecule has 6 heteroatoms. The minimum Gasteiger partial charge on any atom is -0.368 e. The quantitative estimate of drug-likeness (QED) is 0.483. The van der Waals surface area contributed by atoms with Crippen LogP contribution in [0.5, 0.6) is 0 Å². The summed E-state index contributed by atoms with van der Waals surface area (Å²) in [6.07, 6.45) is 1.59. The van der Waals surface area contributed by atoms with Crippen molar-refractivity contribution in [1.82, 2.24) is 10.8 Å². The highest BCUT2D eigenvalue weighted by molar-refractivity contribution is 5.78. The topological polar surface area (TPSA) is 93.5 Å². The molecular weight excluding hydrogens is 186 g/mol. The average molecular weight is 201 g/mol. The molecule has 0 aromatic heterocycles. The Bertz CT molecular complexity index is 214. The molecule has 2 amide bonds. The number of nitrogens with one attached hydrogen (secondary N) is 2. The summed E-state index contributed by atoms with van der Waals surface area (Å²) >= 11 is 0. The van der Waals surface area contributed by atoms with Crippen LogP contribution in [0, 0.1) is 5.92 Å². The summed E-state index contributed by atoms with van der Waals surface area (Å²) in [6, 6.07) is 0. The number of rotatable bonds is 4. The van der Waals surface area contributed by atoms with Gasteiger partial charge in [0, 0.05) is 5.92 Å². The van der Waals surface area contributed by atoms with Crippen LogP contribution in [0.25, 0.3) is 0 Å². The first kappa shape index (κ1) is 10.9. The molecule has 6 nitrogen and oxygen atoms in total. The first-order chi connectivity index (χ1) is 6.70. The van der Waals surface area contributed by atoms with E-state index in [0.717, 1.165) is 25.9 Å². The van der Waals surface area contributed by atoms with Crippen LogP contribution in [-0.2, 0) is 14.4 Å². The maximum Gasteiger partial charge on any atom is 0.246 e. The van der Waals surface area contributed by atoms with E-state index in [4.69, 9.17) is 5.73 Å². The van der Waals surface area contributed by atoms with E-state index in [1.807, 2.05) is 0 Å². The van der Waals surface area contributed by atoms with Crippen LogP contribution in [0.3, 0.4) is 0 Å². The van der Waals surface area contributed by atoms with Crippen molar-refractivity contribution in [2.45, 2.75) is 12.8 Å². The summed E-state index contributed by atoms with van der Waals surface area (Å²) in [5.74, 6) is -0.799. The van der Waals surface area contributed by atoms with E-state index in [1.165, 1.54) is 0 Å². The standard InChI is InChI=1S/C8H15N3O3/c9-7(12)5-14-11-8(13)6-1-3-10-4-2-6/h6,10H,1-5H2,(H2,9,12)(H,11,13). The van der Waals surface area contributed by atoms with Crippen LogP contribution < -0.4 is 16.5 Å². The molecule has 1 rings (SSSR count). The molecular formula is C8H15N3O3. The maximum atomic E-state index is 11.4. The zero-order valence-corrected chi connectivity index (χ0v) is 7.91. The molecule has 1 aliphatic heterocycles. The molecule has 0 unspecified atom stereocenters. The van der Waals surface area contributed by atoms with Crippen molar-refractivity contribution in [3.63, 3.8) is 0 Å². The molecule has 0 atom stereocenters. The van der Waals surface area contributed by atoms with Gasteiger partial charge < -0.3 is 11.1 Å². The highest BCUT2D eigenvalue weighted by atomic mass is 16.7. The van der Waals surface area contributed by atoms with Crippen LogP contribution in [0.1, 0.15) is 12.8 Å². The van der Waals surface area contributed by atoms with E-state index in [0.29, 0.717) is 0 Å². The Morgan fingerprint density at radius 3 is 2.64 bits per heavy atom. The first-order valence-corrected chi connectivity index (χ1v) is 4.61. The van der Waals surface area contributed by atoms with Gasteiger partial charge in [0.05, 0.1) is 0 Å². The Morgan fingerprint density at radius 1 is 1.43 bits per heavy atom. The predicted octanol–water partition coefficient (Wildman–Crippen LogP) is -1.48. The Morgan fingerprint density at radius 2 is 2.07 bits per heavy atom. The highest BCUT2D eigenvalue weighted by Crippen LogP contribution is 2.10. The lowest BCUT2D eigenvalue weighted by Crippen LogP contribution is -2.39. The van der Waals surface area contributed by atoms with Gasteiger partial charge in [0.1, 0.15) is 0 Å². The van der Waals surface area contributed by atoms with E-state index < -0.39 is 5.91 Å². The smallest absolute Gasteiger partial charge is 0.246 e. The summed E-state index contributed by atoms with van der Waals surface area (Å²) in [5, 5.41) is 3.15. The number of hydrogen-bond donors (Lipinski definition) is 3. The minimum absolute atomic E-state index is 0.0240. The predicted molar refractivity (Wildman–Crippen MR) is 48.9 cm³/mol. The van der Waals surface area contributed by atoms with Gasteiger partial charge in [0.15, 0.2) is 6.61 Å². The Hall–Kier alpha value is -1.14. The van der Waals surface area contributed by atoms with Gasteiger partial charge >= 0.3 is 0 Å². The van der Waals surface area contributed by atoms with Crippen LogP contribution in [0.2, 0.25) is 0 Å². The lowest BCUT2D eigenvalue weighted by atomic mass is 9.98. The van der Waals surface area contributed by atoms with Crippen molar-refractivity contribution >= 4 is 11.8 Å². The molecule has 4 N–H and O–H groups in total. The van der Waals surface area contributed by atoms with Crippen LogP contribution in [0.4, 0.5) is 0 Å². The molecule has 1 heterocycles. The van der Waals surface area contributed by atoms with Crippen molar-refractivity contribution in [2.75, 3.05) is 19.7 Å². The number of nitrogens with two attached hydrogens (primary N) is 1. The number of piperidine rings is 1. The third kappa shape index (κ3) is 3.71. The second kappa shape index (κ2) is 5.56. The van der Waals surface area contributed by atoms with Crippen LogP contribution in [-0.4, -0.2) is 31.5 Å². The van der Waals surface area contributed by atoms with Gasteiger partial charge in [0.2, 0.25) is 11.8 Å². The summed E-state index contributed by atoms with van der Waals surface area (Å²) in [7, 11) is 0. The largest absolute Gasteiger partial charge is 0.368 e. The summed E-state index contributed by atoms with van der Waals surface area (Å²) < 4.78 is 0. The van der Waals surface area contributed by atoms with E-state index in [9.17, 15) is 9.59 Å². The van der Waals surface area contributed by atoms with Crippen molar-refractivity contribution < 1.29 is 14.4 Å². The fourth-order valence-corrected chi connectivity index (χ4v) is 1.35. The van der Waals surface area contributed by atoms with Gasteiger partial charge in [-0.2, -0.15) is 0 Å². The summed E-state index contributed by atoms with van der Waals surface area (Å²) in [6.45, 7) is 1.40. The maximum absolute atomic E-state index is 11.4. The molecule has 0 aromatic carbocycles. The van der Waals surface area contributed by atoms with Crippen molar-refractivity contribution in [2.24, 2.45) is 11.7 Å². The number of hydrogen-bond acceptors (Lipinski definition) is 4. The molecule has 14 heavy (non-hydrogen) atoms. The third-order valence-electron chi connectivity index (χ3n) is 2.10. The van der Waals surface area contributed by atoms with Crippen LogP contribution >= 0.6 is 0 Å². The fraction of sp³-hybridized carbons (Fsp3) is 0.750. The second-order valence-electron chi connectivity index (χ2n) is 3.25. The number of hydroxylamine groups is 1. The van der Waals surface area contributed by atoms with E-state index in [2.05, 4.69) is 15.6 Å². The monoisotopic (exact) mass is 201 g/mol. The molecule has 1 aliphatic rings. The zero-order chi connectivity index (χ0) is 10.4. The number of primary amides is 1. The lowest BCUT2D eigenvalue weighted by molar-refractivity contribution is -0.141.